The number of para-hydroxylation sites is 1. The number of ether oxygens (including phenoxy) is 1. The molecule has 0 spiro atoms. The summed E-state index contributed by atoms with van der Waals surface area (Å²) in [5.74, 6) is 0.119. The van der Waals surface area contributed by atoms with E-state index >= 15 is 0 Å². The minimum absolute atomic E-state index is 0.119. The number of methoxy groups -OCH3 is 1. The number of aromatic nitrogens is 1. The lowest BCUT2D eigenvalue weighted by Gasteiger charge is -2.12. The Balaban J connectivity index is 1.55. The molecule has 0 aliphatic heterocycles. The van der Waals surface area contributed by atoms with E-state index in [0.29, 0.717) is 19.1 Å². The molecule has 1 atom stereocenters. The van der Waals surface area contributed by atoms with Crippen LogP contribution in [0.25, 0.3) is 10.9 Å². The van der Waals surface area contributed by atoms with E-state index in [4.69, 9.17) is 4.74 Å². The summed E-state index contributed by atoms with van der Waals surface area (Å²) in [6.45, 7) is 2.92. The zero-order valence-electron chi connectivity index (χ0n) is 18.2. The first-order valence-electron chi connectivity index (χ1n) is 11.2. The lowest BCUT2D eigenvalue weighted by Crippen LogP contribution is -2.25. The largest absolute Gasteiger partial charge is 0.381 e. The van der Waals surface area contributed by atoms with Crippen LogP contribution in [0.1, 0.15) is 70.3 Å². The summed E-state index contributed by atoms with van der Waals surface area (Å²) in [5, 5.41) is 4.27. The highest BCUT2D eigenvalue weighted by Gasteiger charge is 2.06. The van der Waals surface area contributed by atoms with Gasteiger partial charge in [-0.3, -0.25) is 4.79 Å². The molecule has 0 fully saturated rings. The van der Waals surface area contributed by atoms with Crippen LogP contribution in [0, 0.1) is 0 Å². The summed E-state index contributed by atoms with van der Waals surface area (Å²) in [4.78, 5) is 15.3. The van der Waals surface area contributed by atoms with E-state index in [0.717, 1.165) is 31.2 Å². The maximum Gasteiger partial charge on any atom is 0.220 e. The molecule has 4 heteroatoms. The molecule has 2 aromatic rings. The predicted molar refractivity (Wildman–Crippen MR) is 122 cm³/mol. The zero-order chi connectivity index (χ0) is 20.7. The number of nitrogens with one attached hydrogen (secondary N) is 2. The molecule has 4 nitrogen and oxygen atoms in total. The van der Waals surface area contributed by atoms with Crippen molar-refractivity contribution in [3.63, 3.8) is 0 Å². The van der Waals surface area contributed by atoms with E-state index in [1.54, 1.807) is 7.11 Å². The number of allylic oxidation sites excluding steroid dienone is 1. The number of aromatic amines is 1. The molecule has 0 aliphatic rings. The van der Waals surface area contributed by atoms with Crippen molar-refractivity contribution in [3.8, 4) is 0 Å². The Morgan fingerprint density at radius 3 is 2.83 bits per heavy atom. The van der Waals surface area contributed by atoms with Crippen LogP contribution in [0.4, 0.5) is 0 Å². The Bertz CT molecular complexity index is 735. The third kappa shape index (κ3) is 8.86. The summed E-state index contributed by atoms with van der Waals surface area (Å²) >= 11 is 0. The van der Waals surface area contributed by atoms with Crippen LogP contribution in [-0.2, 0) is 16.0 Å². The van der Waals surface area contributed by atoms with Crippen molar-refractivity contribution in [2.45, 2.75) is 77.2 Å². The Kier molecular flexibility index (Phi) is 11.2. The Morgan fingerprint density at radius 2 is 2.00 bits per heavy atom. The second-order valence-electron chi connectivity index (χ2n) is 7.77. The third-order valence-electron chi connectivity index (χ3n) is 5.46. The van der Waals surface area contributed by atoms with Crippen LogP contribution in [-0.4, -0.2) is 30.6 Å². The van der Waals surface area contributed by atoms with Gasteiger partial charge in [0.05, 0.1) is 6.10 Å². The number of hydrogen-bond acceptors (Lipinski definition) is 2. The van der Waals surface area contributed by atoms with Gasteiger partial charge < -0.3 is 15.0 Å². The number of carbonyl (C=O) groups is 1. The number of rotatable bonds is 15. The fraction of sp³-hybridized carbons (Fsp3) is 0.560. The maximum absolute atomic E-state index is 12.0. The van der Waals surface area contributed by atoms with Crippen molar-refractivity contribution in [3.05, 3.63) is 48.2 Å². The number of unbranched alkanes of at least 4 members (excludes halogenated alkanes) is 4. The molecule has 1 amide bonds. The van der Waals surface area contributed by atoms with Gasteiger partial charge in [0, 0.05) is 37.2 Å². The van der Waals surface area contributed by atoms with Gasteiger partial charge in [-0.15, -0.1) is 0 Å². The number of amides is 1. The van der Waals surface area contributed by atoms with Crippen LogP contribution in [0.15, 0.2) is 42.6 Å². The van der Waals surface area contributed by atoms with E-state index in [-0.39, 0.29) is 5.91 Å². The van der Waals surface area contributed by atoms with Gasteiger partial charge in [-0.25, -0.2) is 0 Å². The van der Waals surface area contributed by atoms with Crippen LogP contribution in [0.2, 0.25) is 0 Å². The number of H-pyrrole nitrogens is 1. The van der Waals surface area contributed by atoms with Crippen LogP contribution < -0.4 is 5.32 Å². The highest BCUT2D eigenvalue weighted by atomic mass is 16.5. The highest BCUT2D eigenvalue weighted by Crippen LogP contribution is 2.17. The third-order valence-corrected chi connectivity index (χ3v) is 5.46. The van der Waals surface area contributed by atoms with Crippen LogP contribution >= 0.6 is 0 Å². The first-order valence-corrected chi connectivity index (χ1v) is 11.2. The van der Waals surface area contributed by atoms with Gasteiger partial charge >= 0.3 is 0 Å². The predicted octanol–water partition coefficient (Wildman–Crippen LogP) is 5.93. The van der Waals surface area contributed by atoms with Gasteiger partial charge in [0.1, 0.15) is 0 Å². The normalized spacial score (nSPS) is 12.6. The average molecular weight is 399 g/mol. The summed E-state index contributed by atoms with van der Waals surface area (Å²) in [6, 6.07) is 8.27. The standard InChI is InChI=1S/C25H38N2O2/c1-3-4-5-6-8-13-22(29-2)14-9-7-10-17-25(28)26-19-18-21-20-27-24-16-12-11-15-23(21)24/h7,9,11-12,15-16,20,22,27H,3-6,8,10,13-14,17-19H2,1-2H3,(H,26,28)/t22-/m0/s1. The molecule has 0 aliphatic carbocycles. The van der Waals surface area contributed by atoms with Crippen molar-refractivity contribution in [2.24, 2.45) is 0 Å². The quantitative estimate of drug-likeness (QED) is 0.289. The molecule has 2 N–H and O–H groups in total. The van der Waals surface area contributed by atoms with Gasteiger partial charge in [0.15, 0.2) is 0 Å². The Hall–Kier alpha value is -2.07. The average Bonchev–Trinajstić information content (AvgIpc) is 3.15. The number of fused-ring (bicyclic) bond motifs is 1. The van der Waals surface area contributed by atoms with Crippen LogP contribution in [0.5, 0.6) is 0 Å². The highest BCUT2D eigenvalue weighted by molar-refractivity contribution is 5.83. The number of hydrogen-bond donors (Lipinski definition) is 2. The minimum Gasteiger partial charge on any atom is -0.381 e. The zero-order valence-corrected chi connectivity index (χ0v) is 18.2. The van der Waals surface area contributed by atoms with E-state index < -0.39 is 0 Å². The van der Waals surface area contributed by atoms with Gasteiger partial charge in [0.2, 0.25) is 5.91 Å². The van der Waals surface area contributed by atoms with Gasteiger partial charge in [-0.2, -0.15) is 0 Å². The molecule has 0 saturated heterocycles. The molecular formula is C25H38N2O2. The molecule has 0 unspecified atom stereocenters. The molecule has 0 radical (unpaired) electrons. The number of benzene rings is 1. The fourth-order valence-electron chi connectivity index (χ4n) is 3.65. The molecule has 1 heterocycles. The minimum atomic E-state index is 0.119. The Morgan fingerprint density at radius 1 is 1.17 bits per heavy atom. The summed E-state index contributed by atoms with van der Waals surface area (Å²) in [5.41, 5.74) is 2.40. The molecule has 0 saturated carbocycles. The second kappa shape index (κ2) is 14.0. The van der Waals surface area contributed by atoms with Gasteiger partial charge in [0.25, 0.3) is 0 Å². The van der Waals surface area contributed by atoms with Gasteiger partial charge in [-0.1, -0.05) is 69.4 Å². The maximum atomic E-state index is 12.0. The monoisotopic (exact) mass is 398 g/mol. The van der Waals surface area contributed by atoms with Crippen molar-refractivity contribution in [1.82, 2.24) is 10.3 Å². The molecular weight excluding hydrogens is 360 g/mol. The lowest BCUT2D eigenvalue weighted by molar-refractivity contribution is -0.120. The lowest BCUT2D eigenvalue weighted by atomic mass is 10.1. The summed E-state index contributed by atoms with van der Waals surface area (Å²) < 4.78 is 5.57. The second-order valence-corrected chi connectivity index (χ2v) is 7.77. The van der Waals surface area contributed by atoms with Crippen molar-refractivity contribution in [1.29, 1.82) is 0 Å². The van der Waals surface area contributed by atoms with E-state index in [1.165, 1.54) is 43.1 Å². The molecule has 29 heavy (non-hydrogen) atoms. The first kappa shape index (κ1) is 23.2. The topological polar surface area (TPSA) is 54.1 Å². The molecule has 1 aromatic carbocycles. The van der Waals surface area contributed by atoms with Crippen molar-refractivity contribution in [2.75, 3.05) is 13.7 Å². The molecule has 0 bridgehead atoms. The SMILES string of the molecule is CCCCCCC[C@@H](CC=CCCC(=O)NCCc1c[nH]c2ccccc12)OC. The first-order chi connectivity index (χ1) is 14.2. The fourth-order valence-corrected chi connectivity index (χ4v) is 3.65. The summed E-state index contributed by atoms with van der Waals surface area (Å²) in [7, 11) is 1.80. The van der Waals surface area contributed by atoms with Crippen molar-refractivity contribution >= 4 is 16.8 Å². The molecule has 2 rings (SSSR count). The molecule has 160 valence electrons. The smallest absolute Gasteiger partial charge is 0.220 e. The van der Waals surface area contributed by atoms with Crippen LogP contribution in [0.3, 0.4) is 0 Å². The van der Waals surface area contributed by atoms with Crippen molar-refractivity contribution < 1.29 is 9.53 Å². The molecule has 1 aromatic heterocycles. The van der Waals surface area contributed by atoms with E-state index in [2.05, 4.69) is 41.5 Å². The van der Waals surface area contributed by atoms with Gasteiger partial charge in [-0.05, 0) is 37.3 Å². The summed E-state index contributed by atoms with van der Waals surface area (Å²) in [6.07, 6.45) is 17.3. The Labute approximate surface area is 176 Å². The van der Waals surface area contributed by atoms with E-state index in [1.807, 2.05) is 18.3 Å². The van der Waals surface area contributed by atoms with E-state index in [9.17, 15) is 4.79 Å². The number of carbonyl (C=O) groups excluding carboxylic acids is 1.